The van der Waals surface area contributed by atoms with Gasteiger partial charge in [-0.3, -0.25) is 4.90 Å². The van der Waals surface area contributed by atoms with Gasteiger partial charge in [-0.05, 0) is 25.0 Å². The number of amides is 2. The molecular weight excluding hydrogens is 580 g/mol. The third-order valence-electron chi connectivity index (χ3n) is 5.84. The fraction of sp³-hybridized carbons (Fsp3) is 0.310. The second-order valence-electron chi connectivity index (χ2n) is 8.69. The van der Waals surface area contributed by atoms with Gasteiger partial charge in [-0.1, -0.05) is 58.6 Å². The summed E-state index contributed by atoms with van der Waals surface area (Å²) in [6.07, 6.45) is 9.20. The van der Waals surface area contributed by atoms with Crippen molar-refractivity contribution in [2.75, 3.05) is 39.5 Å². The maximum absolute atomic E-state index is 12.8. The molecule has 0 bridgehead atoms. The van der Waals surface area contributed by atoms with E-state index < -0.39 is 15.9 Å². The van der Waals surface area contributed by atoms with Crippen molar-refractivity contribution < 1.29 is 41.5 Å². The molecule has 1 aliphatic rings. The minimum Gasteiger partial charge on any atom is -0.378 e. The molecule has 2 amide bonds. The van der Waals surface area contributed by atoms with E-state index in [0.29, 0.717) is 47.5 Å². The molecule has 1 heterocycles. The topological polar surface area (TPSA) is 97.0 Å². The molecule has 2 N–H and O–H groups in total. The van der Waals surface area contributed by atoms with E-state index in [1.165, 1.54) is 11.0 Å². The zero-order chi connectivity index (χ0) is 28.3. The number of carbonyl (C=O) groups is 1. The van der Waals surface area contributed by atoms with E-state index in [1.807, 2.05) is 12.2 Å². The number of rotatable bonds is 13. The summed E-state index contributed by atoms with van der Waals surface area (Å²) in [6, 6.07) is 9.66. The van der Waals surface area contributed by atoms with Gasteiger partial charge in [-0.15, -0.1) is 0 Å². The quantitative estimate of drug-likeness (QED) is 0.205. The first-order valence-corrected chi connectivity index (χ1v) is 14.7. The first kappa shape index (κ1) is 37.1. The minimum absolute atomic E-state index is 0. The molecule has 0 radical (unpaired) electrons. The van der Waals surface area contributed by atoms with E-state index in [0.717, 1.165) is 18.4 Å². The second kappa shape index (κ2) is 18.6. The van der Waals surface area contributed by atoms with Gasteiger partial charge in [0.1, 0.15) is 0 Å². The molecule has 3 rings (SSSR count). The number of allylic oxidation sites excluding steroid dienone is 2. The van der Waals surface area contributed by atoms with Crippen LogP contribution in [-0.2, 0) is 19.5 Å². The zero-order valence-electron chi connectivity index (χ0n) is 23.6. The van der Waals surface area contributed by atoms with Crippen LogP contribution in [0, 0.1) is 21.3 Å². The van der Waals surface area contributed by atoms with Crippen molar-refractivity contribution in [3.63, 3.8) is 0 Å². The molecule has 0 unspecified atom stereocenters. The minimum atomic E-state index is -3.76. The SMILES string of the molecule is [CH2-]c1c(Cl)cc(Cl)cc1[C@H]([CH2-])c1cccc(S(=O)(=O)NCCOCCOCCNC(=O)N2C=CCCC=C2)c1.[CH3-].[Li+]. The molecule has 2 aromatic rings. The predicted octanol–water partition coefficient (Wildman–Crippen LogP) is 2.74. The molecule has 12 heteroatoms. The van der Waals surface area contributed by atoms with Crippen molar-refractivity contribution in [1.29, 1.82) is 0 Å². The van der Waals surface area contributed by atoms with Gasteiger partial charge in [0, 0.05) is 30.5 Å². The summed E-state index contributed by atoms with van der Waals surface area (Å²) in [5.74, 6) is -0.413. The fourth-order valence-electron chi connectivity index (χ4n) is 3.74. The molecule has 220 valence electrons. The summed E-state index contributed by atoms with van der Waals surface area (Å²) in [7, 11) is -3.76. The van der Waals surface area contributed by atoms with E-state index in [-0.39, 0.29) is 50.4 Å². The Morgan fingerprint density at radius 3 is 2.29 bits per heavy atom. The largest absolute Gasteiger partial charge is 1.00 e. The van der Waals surface area contributed by atoms with Crippen molar-refractivity contribution in [3.8, 4) is 0 Å². The molecule has 0 saturated heterocycles. The summed E-state index contributed by atoms with van der Waals surface area (Å²) >= 11 is 12.3. The van der Waals surface area contributed by atoms with Gasteiger partial charge in [0.05, 0.1) is 31.3 Å². The number of hydrogen-bond acceptors (Lipinski definition) is 5. The van der Waals surface area contributed by atoms with Crippen molar-refractivity contribution in [2.45, 2.75) is 23.7 Å². The van der Waals surface area contributed by atoms with E-state index >= 15 is 0 Å². The van der Waals surface area contributed by atoms with Crippen LogP contribution in [-0.4, -0.2) is 58.9 Å². The van der Waals surface area contributed by atoms with Crippen LogP contribution < -0.4 is 28.9 Å². The molecule has 8 nitrogen and oxygen atoms in total. The van der Waals surface area contributed by atoms with E-state index in [9.17, 15) is 13.2 Å². The smallest absolute Gasteiger partial charge is 0.378 e. The Labute approximate surface area is 266 Å². The molecule has 2 aromatic carbocycles. The van der Waals surface area contributed by atoms with Crippen LogP contribution in [0.2, 0.25) is 10.0 Å². The van der Waals surface area contributed by atoms with Crippen molar-refractivity contribution in [3.05, 3.63) is 109 Å². The first-order valence-electron chi connectivity index (χ1n) is 12.5. The molecule has 1 atom stereocenters. The molecule has 41 heavy (non-hydrogen) atoms. The van der Waals surface area contributed by atoms with Crippen molar-refractivity contribution in [1.82, 2.24) is 14.9 Å². The van der Waals surface area contributed by atoms with E-state index in [2.05, 4.69) is 23.9 Å². The standard InChI is InChI=1S/C28H33Cl2N3O5S.CH3.Li/c1-21(26-19-24(29)20-27(30)22(26)2)23-8-7-9-25(18-23)39(35,36)32-11-15-38-17-16-37-14-10-31-28(34)33-12-5-3-4-6-13-33;;/h5-9,12-13,18-21,32H,1-4,10-11,14-17H2,(H,31,34);1H3;/q-2;-1;+1/t21-;;/m1../s1. The summed E-state index contributed by atoms with van der Waals surface area (Å²) in [4.78, 5) is 13.7. The molecule has 0 fully saturated rings. The van der Waals surface area contributed by atoms with Crippen molar-refractivity contribution in [2.24, 2.45) is 0 Å². The maximum atomic E-state index is 12.8. The summed E-state index contributed by atoms with van der Waals surface area (Å²) in [6.45, 7) is 9.74. The molecule has 0 aliphatic carbocycles. The van der Waals surface area contributed by atoms with Crippen molar-refractivity contribution >= 4 is 39.3 Å². The molecule has 1 aliphatic heterocycles. The molecule has 0 saturated carbocycles. The monoisotopic (exact) mass is 615 g/mol. The van der Waals surface area contributed by atoms with Crippen LogP contribution in [0.15, 0.2) is 65.8 Å². The normalized spacial score (nSPS) is 13.6. The predicted molar refractivity (Wildman–Crippen MR) is 161 cm³/mol. The van der Waals surface area contributed by atoms with Gasteiger partial charge in [0.25, 0.3) is 0 Å². The van der Waals surface area contributed by atoms with E-state index in [4.69, 9.17) is 32.7 Å². The van der Waals surface area contributed by atoms with Gasteiger partial charge < -0.3 is 29.1 Å². The van der Waals surface area contributed by atoms with Crippen LogP contribution in [0.3, 0.4) is 0 Å². The number of nitrogens with zero attached hydrogens (tertiary/aromatic N) is 1. The Hall–Kier alpha value is -1.93. The Balaban J connectivity index is 0.00000420. The van der Waals surface area contributed by atoms with Crippen LogP contribution in [0.4, 0.5) is 4.79 Å². The molecular formula is C29H36Cl2LiN3O5S-2. The number of halogens is 2. The van der Waals surface area contributed by atoms with Crippen LogP contribution in [0.1, 0.15) is 35.4 Å². The first-order chi connectivity index (χ1) is 18.7. The second-order valence-corrected chi connectivity index (χ2v) is 11.3. The Bertz CT molecular complexity index is 1280. The maximum Gasteiger partial charge on any atom is 1.00 e. The number of ether oxygens (including phenoxy) is 2. The van der Waals surface area contributed by atoms with E-state index in [1.54, 1.807) is 42.7 Å². The third-order valence-corrected chi connectivity index (χ3v) is 7.85. The fourth-order valence-corrected chi connectivity index (χ4v) is 5.32. The van der Waals surface area contributed by atoms with Crippen LogP contribution >= 0.6 is 23.2 Å². The summed E-state index contributed by atoms with van der Waals surface area (Å²) in [5.41, 5.74) is 2.01. The molecule has 0 spiro atoms. The Morgan fingerprint density at radius 1 is 1.00 bits per heavy atom. The van der Waals surface area contributed by atoms with Gasteiger partial charge in [-0.25, -0.2) is 17.9 Å². The average molecular weight is 617 g/mol. The Kier molecular flexibility index (Phi) is 16.8. The average Bonchev–Trinajstić information content (AvgIpc) is 3.21. The summed E-state index contributed by atoms with van der Waals surface area (Å²) < 4.78 is 39.0. The van der Waals surface area contributed by atoms with Gasteiger partial charge in [0.2, 0.25) is 10.0 Å². The number of urea groups is 1. The van der Waals surface area contributed by atoms with Gasteiger partial charge in [0.15, 0.2) is 0 Å². The Morgan fingerprint density at radius 2 is 1.63 bits per heavy atom. The summed E-state index contributed by atoms with van der Waals surface area (Å²) in [5, 5.41) is 3.65. The molecule has 0 aromatic heterocycles. The number of hydrogen-bond donors (Lipinski definition) is 2. The number of nitrogens with one attached hydrogen (secondary N) is 2. The third kappa shape index (κ3) is 11.7. The number of sulfonamides is 1. The zero-order valence-corrected chi connectivity index (χ0v) is 25.9. The number of carbonyl (C=O) groups excluding carboxylic acids is 1. The van der Waals surface area contributed by atoms with Gasteiger partial charge >= 0.3 is 24.9 Å². The number of benzene rings is 2. The van der Waals surface area contributed by atoms with Crippen LogP contribution in [0.5, 0.6) is 0 Å². The van der Waals surface area contributed by atoms with Gasteiger partial charge in [-0.2, -0.15) is 35.6 Å². The van der Waals surface area contributed by atoms with Crippen LogP contribution in [0.25, 0.3) is 0 Å².